The normalized spacial score (nSPS) is 10.8. The lowest BCUT2D eigenvalue weighted by molar-refractivity contribution is 0.867. The van der Waals surface area contributed by atoms with E-state index in [1.807, 2.05) is 11.3 Å². The molecule has 0 bridgehead atoms. The molecule has 17 heavy (non-hydrogen) atoms. The van der Waals surface area contributed by atoms with Crippen molar-refractivity contribution in [2.45, 2.75) is 33.2 Å². The molecule has 1 aromatic heterocycles. The first kappa shape index (κ1) is 12.2. The van der Waals surface area contributed by atoms with Gasteiger partial charge >= 0.3 is 0 Å². The smallest absolute Gasteiger partial charge is 0.0494 e. The first-order chi connectivity index (χ1) is 8.15. The maximum atomic E-state index is 3.45. The third-order valence-corrected chi connectivity index (χ3v) is 3.84. The van der Waals surface area contributed by atoms with Crippen LogP contribution in [0.3, 0.4) is 0 Å². The van der Waals surface area contributed by atoms with E-state index in [0.29, 0.717) is 5.92 Å². The van der Waals surface area contributed by atoms with Crippen LogP contribution in [0, 0.1) is 6.92 Å². The summed E-state index contributed by atoms with van der Waals surface area (Å²) in [5.74, 6) is 0.601. The van der Waals surface area contributed by atoms with Crippen LogP contribution in [-0.4, -0.2) is 0 Å². The first-order valence-electron chi connectivity index (χ1n) is 6.04. The Bertz CT molecular complexity index is 468. The summed E-state index contributed by atoms with van der Waals surface area (Å²) in [5.41, 5.74) is 2.59. The van der Waals surface area contributed by atoms with E-state index in [4.69, 9.17) is 0 Å². The quantitative estimate of drug-likeness (QED) is 0.816. The van der Waals surface area contributed by atoms with E-state index in [2.05, 4.69) is 62.5 Å². The summed E-state index contributed by atoms with van der Waals surface area (Å²) in [5, 5.41) is 3.45. The first-order valence-corrected chi connectivity index (χ1v) is 6.86. The molecule has 0 unspecified atom stereocenters. The predicted octanol–water partition coefficient (Wildman–Crippen LogP) is 4.79. The van der Waals surface area contributed by atoms with Gasteiger partial charge in [0.2, 0.25) is 0 Å². The lowest BCUT2D eigenvalue weighted by Crippen LogP contribution is -1.97. The fourth-order valence-electron chi connectivity index (χ4n) is 1.76. The van der Waals surface area contributed by atoms with Gasteiger partial charge in [-0.2, -0.15) is 0 Å². The second kappa shape index (κ2) is 5.37. The van der Waals surface area contributed by atoms with Gasteiger partial charge in [0, 0.05) is 22.0 Å². The fraction of sp³-hybridized carbons (Fsp3) is 0.333. The van der Waals surface area contributed by atoms with E-state index < -0.39 is 0 Å². The molecule has 0 atom stereocenters. The summed E-state index contributed by atoms with van der Waals surface area (Å²) in [6.45, 7) is 7.50. The van der Waals surface area contributed by atoms with E-state index in [0.717, 1.165) is 6.54 Å². The molecular weight excluding hydrogens is 226 g/mol. The molecule has 90 valence electrons. The van der Waals surface area contributed by atoms with Gasteiger partial charge in [0.05, 0.1) is 0 Å². The summed E-state index contributed by atoms with van der Waals surface area (Å²) in [6, 6.07) is 13.1. The van der Waals surface area contributed by atoms with E-state index in [9.17, 15) is 0 Å². The second-order valence-electron chi connectivity index (χ2n) is 4.64. The molecule has 2 aromatic rings. The van der Waals surface area contributed by atoms with Gasteiger partial charge in [-0.25, -0.2) is 0 Å². The Morgan fingerprint density at radius 2 is 1.76 bits per heavy atom. The van der Waals surface area contributed by atoms with Crippen LogP contribution in [0.1, 0.15) is 35.1 Å². The molecule has 2 heteroatoms. The van der Waals surface area contributed by atoms with Crippen LogP contribution in [0.2, 0.25) is 0 Å². The third kappa shape index (κ3) is 3.34. The van der Waals surface area contributed by atoms with E-state index in [1.54, 1.807) is 0 Å². The summed E-state index contributed by atoms with van der Waals surface area (Å²) in [4.78, 5) is 2.76. The largest absolute Gasteiger partial charge is 0.380 e. The molecule has 0 amide bonds. The van der Waals surface area contributed by atoms with Crippen molar-refractivity contribution < 1.29 is 0 Å². The Hall–Kier alpha value is -1.28. The average molecular weight is 245 g/mol. The van der Waals surface area contributed by atoms with E-state index >= 15 is 0 Å². The zero-order chi connectivity index (χ0) is 12.3. The summed E-state index contributed by atoms with van der Waals surface area (Å²) >= 11 is 1.85. The van der Waals surface area contributed by atoms with Gasteiger partial charge in [0.1, 0.15) is 0 Å². The molecule has 0 aliphatic rings. The molecule has 1 aromatic carbocycles. The van der Waals surface area contributed by atoms with Crippen molar-refractivity contribution >= 4 is 17.0 Å². The molecule has 0 radical (unpaired) electrons. The van der Waals surface area contributed by atoms with Gasteiger partial charge in [-0.05, 0) is 42.7 Å². The van der Waals surface area contributed by atoms with Crippen LogP contribution < -0.4 is 5.32 Å². The van der Waals surface area contributed by atoms with Crippen molar-refractivity contribution in [3.05, 3.63) is 51.7 Å². The Kier molecular flexibility index (Phi) is 3.85. The van der Waals surface area contributed by atoms with E-state index in [1.165, 1.54) is 21.0 Å². The van der Waals surface area contributed by atoms with Gasteiger partial charge in [-0.3, -0.25) is 0 Å². The molecule has 0 spiro atoms. The van der Waals surface area contributed by atoms with Crippen molar-refractivity contribution in [1.82, 2.24) is 0 Å². The number of aryl methyl sites for hydroxylation is 1. The van der Waals surface area contributed by atoms with Gasteiger partial charge in [0.15, 0.2) is 0 Å². The Labute approximate surface area is 108 Å². The summed E-state index contributed by atoms with van der Waals surface area (Å²) in [7, 11) is 0. The zero-order valence-corrected chi connectivity index (χ0v) is 11.5. The number of benzene rings is 1. The standard InChI is InChI=1S/C15H19NS/c1-11(2)13-5-7-14(8-6-13)16-10-15-9-4-12(3)17-15/h4-9,11,16H,10H2,1-3H3. The van der Waals surface area contributed by atoms with Crippen molar-refractivity contribution in [2.24, 2.45) is 0 Å². The molecule has 1 nitrogen and oxygen atoms in total. The van der Waals surface area contributed by atoms with Gasteiger partial charge < -0.3 is 5.32 Å². The number of anilines is 1. The Balaban J connectivity index is 1.95. The molecule has 1 heterocycles. The molecular formula is C15H19NS. The molecule has 0 saturated heterocycles. The van der Waals surface area contributed by atoms with Crippen LogP contribution in [-0.2, 0) is 6.54 Å². The highest BCUT2D eigenvalue weighted by atomic mass is 32.1. The van der Waals surface area contributed by atoms with Crippen molar-refractivity contribution in [2.75, 3.05) is 5.32 Å². The van der Waals surface area contributed by atoms with Crippen molar-refractivity contribution in [3.63, 3.8) is 0 Å². The highest BCUT2D eigenvalue weighted by Gasteiger charge is 2.00. The zero-order valence-electron chi connectivity index (χ0n) is 10.7. The van der Waals surface area contributed by atoms with Crippen molar-refractivity contribution in [3.8, 4) is 0 Å². The minimum absolute atomic E-state index is 0.601. The lowest BCUT2D eigenvalue weighted by atomic mass is 10.0. The van der Waals surface area contributed by atoms with Crippen molar-refractivity contribution in [1.29, 1.82) is 0 Å². The molecule has 0 fully saturated rings. The second-order valence-corrected chi connectivity index (χ2v) is 6.02. The third-order valence-electron chi connectivity index (χ3n) is 2.84. The average Bonchev–Trinajstić information content (AvgIpc) is 2.73. The topological polar surface area (TPSA) is 12.0 Å². The molecule has 2 rings (SSSR count). The number of rotatable bonds is 4. The Morgan fingerprint density at radius 1 is 1.06 bits per heavy atom. The van der Waals surface area contributed by atoms with Crippen LogP contribution in [0.4, 0.5) is 5.69 Å². The SMILES string of the molecule is Cc1ccc(CNc2ccc(C(C)C)cc2)s1. The molecule has 0 aliphatic heterocycles. The van der Waals surface area contributed by atoms with Gasteiger partial charge in [-0.15, -0.1) is 11.3 Å². The van der Waals surface area contributed by atoms with Gasteiger partial charge in [-0.1, -0.05) is 26.0 Å². The van der Waals surface area contributed by atoms with Crippen LogP contribution in [0.5, 0.6) is 0 Å². The molecule has 0 saturated carbocycles. The summed E-state index contributed by atoms with van der Waals surface area (Å²) in [6.07, 6.45) is 0. The Morgan fingerprint density at radius 3 is 2.29 bits per heavy atom. The number of hydrogen-bond acceptors (Lipinski definition) is 2. The number of thiophene rings is 1. The predicted molar refractivity (Wildman–Crippen MR) is 76.9 cm³/mol. The highest BCUT2D eigenvalue weighted by Crippen LogP contribution is 2.19. The van der Waals surface area contributed by atoms with Gasteiger partial charge in [0.25, 0.3) is 0 Å². The molecule has 0 aliphatic carbocycles. The summed E-state index contributed by atoms with van der Waals surface area (Å²) < 4.78 is 0. The minimum atomic E-state index is 0.601. The highest BCUT2D eigenvalue weighted by molar-refractivity contribution is 7.11. The lowest BCUT2D eigenvalue weighted by Gasteiger charge is -2.08. The minimum Gasteiger partial charge on any atom is -0.380 e. The van der Waals surface area contributed by atoms with E-state index in [-0.39, 0.29) is 0 Å². The molecule has 1 N–H and O–H groups in total. The maximum Gasteiger partial charge on any atom is 0.0494 e. The van der Waals surface area contributed by atoms with Crippen LogP contribution >= 0.6 is 11.3 Å². The maximum absolute atomic E-state index is 3.45. The fourth-order valence-corrected chi connectivity index (χ4v) is 2.59. The monoisotopic (exact) mass is 245 g/mol. The number of nitrogens with one attached hydrogen (secondary N) is 1. The number of hydrogen-bond donors (Lipinski definition) is 1. The van der Waals surface area contributed by atoms with Crippen LogP contribution in [0.25, 0.3) is 0 Å². The van der Waals surface area contributed by atoms with Crippen LogP contribution in [0.15, 0.2) is 36.4 Å².